The van der Waals surface area contributed by atoms with E-state index >= 15 is 0 Å². The highest BCUT2D eigenvalue weighted by molar-refractivity contribution is 5.39. The average Bonchev–Trinajstić information content (AvgIpc) is 2.52. The first-order valence-corrected chi connectivity index (χ1v) is 6.93. The maximum atomic E-state index is 5.73. The van der Waals surface area contributed by atoms with Gasteiger partial charge in [-0.2, -0.15) is 0 Å². The molecule has 0 heterocycles. The summed E-state index contributed by atoms with van der Waals surface area (Å²) in [6.45, 7) is 3.39. The molecule has 2 aromatic rings. The van der Waals surface area contributed by atoms with Crippen molar-refractivity contribution in [2.75, 3.05) is 20.3 Å². The first-order chi connectivity index (χ1) is 10.2. The van der Waals surface area contributed by atoms with Gasteiger partial charge < -0.3 is 19.9 Å². The van der Waals surface area contributed by atoms with Crippen LogP contribution in [0.3, 0.4) is 0 Å². The van der Waals surface area contributed by atoms with Gasteiger partial charge in [0.2, 0.25) is 0 Å². The fourth-order valence-electron chi connectivity index (χ4n) is 2.05. The van der Waals surface area contributed by atoms with Crippen molar-refractivity contribution in [3.63, 3.8) is 0 Å². The second-order valence-electron chi connectivity index (χ2n) is 4.66. The number of hydrogen-bond donors (Lipinski definition) is 1. The number of benzene rings is 2. The van der Waals surface area contributed by atoms with Crippen molar-refractivity contribution >= 4 is 0 Å². The molecule has 4 heteroatoms. The number of para-hydroxylation sites is 2. The SMILES string of the molecule is COc1ccccc1OCCOc1ccc(C)cc1CN. The molecule has 0 aliphatic rings. The zero-order valence-corrected chi connectivity index (χ0v) is 12.5. The molecular formula is C17H21NO3. The third-order valence-corrected chi connectivity index (χ3v) is 3.10. The predicted octanol–water partition coefficient (Wildman–Crippen LogP) is 2.92. The zero-order chi connectivity index (χ0) is 15.1. The van der Waals surface area contributed by atoms with Gasteiger partial charge in [-0.05, 0) is 25.1 Å². The van der Waals surface area contributed by atoms with Gasteiger partial charge in [0.15, 0.2) is 11.5 Å². The van der Waals surface area contributed by atoms with Crippen molar-refractivity contribution in [3.8, 4) is 17.2 Å². The van der Waals surface area contributed by atoms with Crippen molar-refractivity contribution in [3.05, 3.63) is 53.6 Å². The lowest BCUT2D eigenvalue weighted by molar-refractivity contribution is 0.210. The summed E-state index contributed by atoms with van der Waals surface area (Å²) in [5.74, 6) is 2.24. The Labute approximate surface area is 125 Å². The van der Waals surface area contributed by atoms with Crippen molar-refractivity contribution in [2.24, 2.45) is 5.73 Å². The van der Waals surface area contributed by atoms with E-state index < -0.39 is 0 Å². The van der Waals surface area contributed by atoms with Crippen LogP contribution in [0.1, 0.15) is 11.1 Å². The van der Waals surface area contributed by atoms with Gasteiger partial charge in [-0.15, -0.1) is 0 Å². The van der Waals surface area contributed by atoms with Gasteiger partial charge in [0.25, 0.3) is 0 Å². The normalized spacial score (nSPS) is 10.2. The largest absolute Gasteiger partial charge is 0.493 e. The summed E-state index contributed by atoms with van der Waals surface area (Å²) in [6.07, 6.45) is 0. The number of ether oxygens (including phenoxy) is 3. The van der Waals surface area contributed by atoms with Crippen LogP contribution < -0.4 is 19.9 Å². The van der Waals surface area contributed by atoms with E-state index in [1.54, 1.807) is 7.11 Å². The predicted molar refractivity (Wildman–Crippen MR) is 83.1 cm³/mol. The van der Waals surface area contributed by atoms with E-state index in [9.17, 15) is 0 Å². The minimum atomic E-state index is 0.443. The molecular weight excluding hydrogens is 266 g/mol. The van der Waals surface area contributed by atoms with E-state index in [0.717, 1.165) is 17.1 Å². The Balaban J connectivity index is 1.87. The fourth-order valence-corrected chi connectivity index (χ4v) is 2.05. The molecule has 0 bridgehead atoms. The van der Waals surface area contributed by atoms with Gasteiger partial charge in [0.05, 0.1) is 7.11 Å². The molecule has 21 heavy (non-hydrogen) atoms. The van der Waals surface area contributed by atoms with Gasteiger partial charge in [-0.3, -0.25) is 0 Å². The summed E-state index contributed by atoms with van der Waals surface area (Å²) in [6, 6.07) is 13.5. The van der Waals surface area contributed by atoms with Crippen LogP contribution >= 0.6 is 0 Å². The molecule has 0 aliphatic carbocycles. The van der Waals surface area contributed by atoms with Gasteiger partial charge in [0, 0.05) is 12.1 Å². The number of hydrogen-bond acceptors (Lipinski definition) is 4. The summed E-state index contributed by atoms with van der Waals surface area (Å²) >= 11 is 0. The highest BCUT2D eigenvalue weighted by atomic mass is 16.5. The average molecular weight is 287 g/mol. The van der Waals surface area contributed by atoms with Crippen LogP contribution in [-0.4, -0.2) is 20.3 Å². The molecule has 0 aromatic heterocycles. The van der Waals surface area contributed by atoms with E-state index in [1.165, 1.54) is 5.56 Å². The van der Waals surface area contributed by atoms with Crippen LogP contribution in [0.4, 0.5) is 0 Å². The van der Waals surface area contributed by atoms with Crippen LogP contribution in [0.25, 0.3) is 0 Å². The van der Waals surface area contributed by atoms with E-state index in [0.29, 0.717) is 25.5 Å². The topological polar surface area (TPSA) is 53.7 Å². The Morgan fingerprint density at radius 3 is 2.24 bits per heavy atom. The Kier molecular flexibility index (Phi) is 5.46. The van der Waals surface area contributed by atoms with Gasteiger partial charge in [0.1, 0.15) is 19.0 Å². The standard InChI is InChI=1S/C17H21NO3/c1-13-7-8-15(14(11-13)12-18)20-9-10-21-17-6-4-3-5-16(17)19-2/h3-8,11H,9-10,12,18H2,1-2H3. The molecule has 2 rings (SSSR count). The van der Waals surface area contributed by atoms with Gasteiger partial charge >= 0.3 is 0 Å². The van der Waals surface area contributed by atoms with E-state index in [-0.39, 0.29) is 0 Å². The first kappa shape index (κ1) is 15.2. The minimum Gasteiger partial charge on any atom is -0.493 e. The molecule has 0 amide bonds. The molecule has 0 spiro atoms. The molecule has 2 N–H and O–H groups in total. The molecule has 0 saturated heterocycles. The molecule has 0 radical (unpaired) electrons. The molecule has 4 nitrogen and oxygen atoms in total. The Hall–Kier alpha value is -2.20. The summed E-state index contributed by atoms with van der Waals surface area (Å²) in [4.78, 5) is 0. The molecule has 0 atom stereocenters. The van der Waals surface area contributed by atoms with Crippen molar-refractivity contribution < 1.29 is 14.2 Å². The number of aryl methyl sites for hydroxylation is 1. The van der Waals surface area contributed by atoms with Crippen LogP contribution in [0, 0.1) is 6.92 Å². The highest BCUT2D eigenvalue weighted by Crippen LogP contribution is 2.25. The van der Waals surface area contributed by atoms with Crippen LogP contribution in [0.5, 0.6) is 17.2 Å². The summed E-state index contributed by atoms with van der Waals surface area (Å²) in [7, 11) is 1.62. The van der Waals surface area contributed by atoms with Crippen molar-refractivity contribution in [1.29, 1.82) is 0 Å². The first-order valence-electron chi connectivity index (χ1n) is 6.93. The lowest BCUT2D eigenvalue weighted by Gasteiger charge is -2.13. The lowest BCUT2D eigenvalue weighted by Crippen LogP contribution is -2.11. The monoisotopic (exact) mass is 287 g/mol. The Morgan fingerprint density at radius 2 is 1.57 bits per heavy atom. The molecule has 0 unspecified atom stereocenters. The smallest absolute Gasteiger partial charge is 0.161 e. The molecule has 0 aliphatic heterocycles. The van der Waals surface area contributed by atoms with Crippen LogP contribution in [0.2, 0.25) is 0 Å². The summed E-state index contributed by atoms with van der Waals surface area (Å²) < 4.78 is 16.6. The van der Waals surface area contributed by atoms with Crippen molar-refractivity contribution in [1.82, 2.24) is 0 Å². The fraction of sp³-hybridized carbons (Fsp3) is 0.294. The number of methoxy groups -OCH3 is 1. The Bertz CT molecular complexity index is 584. The van der Waals surface area contributed by atoms with E-state index in [1.807, 2.05) is 49.4 Å². The molecule has 112 valence electrons. The van der Waals surface area contributed by atoms with Gasteiger partial charge in [-0.25, -0.2) is 0 Å². The Morgan fingerprint density at radius 1 is 0.905 bits per heavy atom. The minimum absolute atomic E-state index is 0.443. The van der Waals surface area contributed by atoms with Crippen LogP contribution in [-0.2, 0) is 6.54 Å². The quantitative estimate of drug-likeness (QED) is 0.796. The van der Waals surface area contributed by atoms with Crippen LogP contribution in [0.15, 0.2) is 42.5 Å². The van der Waals surface area contributed by atoms with E-state index in [2.05, 4.69) is 0 Å². The maximum Gasteiger partial charge on any atom is 0.161 e. The maximum absolute atomic E-state index is 5.73. The zero-order valence-electron chi connectivity index (χ0n) is 12.5. The second-order valence-corrected chi connectivity index (χ2v) is 4.66. The summed E-state index contributed by atoms with van der Waals surface area (Å²) in [5, 5.41) is 0. The highest BCUT2D eigenvalue weighted by Gasteiger charge is 2.04. The third-order valence-electron chi connectivity index (χ3n) is 3.10. The molecule has 0 saturated carbocycles. The van der Waals surface area contributed by atoms with E-state index in [4.69, 9.17) is 19.9 Å². The number of rotatable bonds is 7. The summed E-state index contributed by atoms with van der Waals surface area (Å²) in [5.41, 5.74) is 7.91. The lowest BCUT2D eigenvalue weighted by atomic mass is 10.1. The second kappa shape index (κ2) is 7.55. The molecule has 2 aromatic carbocycles. The van der Waals surface area contributed by atoms with Gasteiger partial charge in [-0.1, -0.05) is 29.8 Å². The third kappa shape index (κ3) is 4.13. The van der Waals surface area contributed by atoms with Crippen molar-refractivity contribution in [2.45, 2.75) is 13.5 Å². The molecule has 0 fully saturated rings. The number of nitrogens with two attached hydrogens (primary N) is 1.